The molecule has 1 fully saturated rings. The Morgan fingerprint density at radius 3 is 2.75 bits per heavy atom. The van der Waals surface area contributed by atoms with Crippen LogP contribution in [0.4, 0.5) is 13.2 Å². The van der Waals surface area contributed by atoms with E-state index in [1.807, 2.05) is 0 Å². The molecule has 1 amide bonds. The Bertz CT molecular complexity index is 245. The van der Waals surface area contributed by atoms with Crippen molar-refractivity contribution in [1.82, 2.24) is 4.90 Å². The molecular weight excluding hydrogens is 225 g/mol. The fourth-order valence-corrected chi connectivity index (χ4v) is 1.58. The maximum Gasteiger partial charge on any atom is 0.411 e. The maximum absolute atomic E-state index is 11.7. The summed E-state index contributed by atoms with van der Waals surface area (Å²) in [7, 11) is 0. The second-order valence-electron chi connectivity index (χ2n) is 3.85. The number of hydrogen-bond donors (Lipinski definition) is 1. The van der Waals surface area contributed by atoms with Gasteiger partial charge in [-0.05, 0) is 12.8 Å². The van der Waals surface area contributed by atoms with Gasteiger partial charge < -0.3 is 15.4 Å². The largest absolute Gasteiger partial charge is 0.411 e. The second-order valence-corrected chi connectivity index (χ2v) is 3.85. The first kappa shape index (κ1) is 13.2. The Labute approximate surface area is 91.5 Å². The van der Waals surface area contributed by atoms with Gasteiger partial charge >= 0.3 is 6.18 Å². The molecular formula is C9H15F3N2O2. The molecule has 1 aliphatic rings. The predicted molar refractivity (Wildman–Crippen MR) is 50.7 cm³/mol. The molecule has 94 valence electrons. The number of likely N-dealkylation sites (tertiary alicyclic amines) is 1. The van der Waals surface area contributed by atoms with Gasteiger partial charge in [0.05, 0.1) is 0 Å². The molecule has 0 aromatic carbocycles. The zero-order valence-electron chi connectivity index (χ0n) is 8.79. The fourth-order valence-electron chi connectivity index (χ4n) is 1.58. The third-order valence-electron chi connectivity index (χ3n) is 2.30. The quantitative estimate of drug-likeness (QED) is 0.782. The number of nitrogens with two attached hydrogens (primary N) is 1. The van der Waals surface area contributed by atoms with Crippen LogP contribution in [0.25, 0.3) is 0 Å². The zero-order valence-corrected chi connectivity index (χ0v) is 8.79. The number of carbonyl (C=O) groups is 1. The lowest BCUT2D eigenvalue weighted by Gasteiger charge is -2.30. The summed E-state index contributed by atoms with van der Waals surface area (Å²) in [6.07, 6.45) is -2.77. The minimum Gasteiger partial charge on any atom is -0.362 e. The van der Waals surface area contributed by atoms with Gasteiger partial charge in [0.15, 0.2) is 0 Å². The standard InChI is InChI=1S/C9H15F3N2O2/c10-9(11,12)6-16-5-8(15)14-3-1-2-7(13)4-14/h7H,1-6,13H2. The third kappa shape index (κ3) is 4.80. The van der Waals surface area contributed by atoms with Gasteiger partial charge in [-0.25, -0.2) is 0 Å². The molecule has 0 aliphatic carbocycles. The van der Waals surface area contributed by atoms with Crippen LogP contribution in [0.3, 0.4) is 0 Å². The second kappa shape index (κ2) is 5.49. The van der Waals surface area contributed by atoms with E-state index in [4.69, 9.17) is 5.73 Å². The van der Waals surface area contributed by atoms with E-state index in [0.717, 1.165) is 12.8 Å². The Morgan fingerprint density at radius 1 is 1.50 bits per heavy atom. The monoisotopic (exact) mass is 240 g/mol. The summed E-state index contributed by atoms with van der Waals surface area (Å²) in [6, 6.07) is -0.0830. The van der Waals surface area contributed by atoms with Crippen LogP contribution in [0, 0.1) is 0 Å². The lowest BCUT2D eigenvalue weighted by atomic mass is 10.1. The van der Waals surface area contributed by atoms with Crippen molar-refractivity contribution in [1.29, 1.82) is 0 Å². The number of halogens is 3. The Kier molecular flexibility index (Phi) is 4.55. The van der Waals surface area contributed by atoms with Crippen molar-refractivity contribution < 1.29 is 22.7 Å². The molecule has 0 aromatic rings. The third-order valence-corrected chi connectivity index (χ3v) is 2.30. The smallest absolute Gasteiger partial charge is 0.362 e. The molecule has 7 heteroatoms. The number of alkyl halides is 3. The molecule has 0 bridgehead atoms. The van der Waals surface area contributed by atoms with Crippen molar-refractivity contribution in [2.45, 2.75) is 25.1 Å². The van der Waals surface area contributed by atoms with Crippen LogP contribution in [0.1, 0.15) is 12.8 Å². The van der Waals surface area contributed by atoms with E-state index in [9.17, 15) is 18.0 Å². The van der Waals surface area contributed by atoms with E-state index < -0.39 is 25.3 Å². The average Bonchev–Trinajstić information content (AvgIpc) is 2.15. The molecule has 16 heavy (non-hydrogen) atoms. The van der Waals surface area contributed by atoms with Crippen molar-refractivity contribution in [3.05, 3.63) is 0 Å². The minimum atomic E-state index is -4.39. The van der Waals surface area contributed by atoms with Crippen molar-refractivity contribution in [2.24, 2.45) is 5.73 Å². The maximum atomic E-state index is 11.7. The molecule has 1 aliphatic heterocycles. The number of nitrogens with zero attached hydrogens (tertiary/aromatic N) is 1. The molecule has 0 aromatic heterocycles. The van der Waals surface area contributed by atoms with E-state index >= 15 is 0 Å². The topological polar surface area (TPSA) is 55.6 Å². The highest BCUT2D eigenvalue weighted by Gasteiger charge is 2.28. The molecule has 2 N–H and O–H groups in total. The van der Waals surface area contributed by atoms with Crippen molar-refractivity contribution >= 4 is 5.91 Å². The Balaban J connectivity index is 2.24. The minimum absolute atomic E-state index is 0.0830. The van der Waals surface area contributed by atoms with Crippen molar-refractivity contribution in [2.75, 3.05) is 26.3 Å². The van der Waals surface area contributed by atoms with Crippen LogP contribution >= 0.6 is 0 Å². The molecule has 1 saturated heterocycles. The lowest BCUT2D eigenvalue weighted by molar-refractivity contribution is -0.178. The molecule has 1 unspecified atom stereocenters. The van der Waals surface area contributed by atoms with E-state index in [-0.39, 0.29) is 6.04 Å². The number of piperidine rings is 1. The van der Waals surface area contributed by atoms with Crippen LogP contribution in [0.2, 0.25) is 0 Å². The average molecular weight is 240 g/mol. The summed E-state index contributed by atoms with van der Waals surface area (Å²) in [5.74, 6) is -0.431. The first-order valence-electron chi connectivity index (χ1n) is 5.06. The van der Waals surface area contributed by atoms with E-state index in [1.54, 1.807) is 0 Å². The van der Waals surface area contributed by atoms with Gasteiger partial charge in [0, 0.05) is 19.1 Å². The highest BCUT2D eigenvalue weighted by Crippen LogP contribution is 2.14. The summed E-state index contributed by atoms with van der Waals surface area (Å²) in [5, 5.41) is 0. The summed E-state index contributed by atoms with van der Waals surface area (Å²) in [5.41, 5.74) is 5.65. The molecule has 0 spiro atoms. The number of ether oxygens (including phenoxy) is 1. The van der Waals surface area contributed by atoms with Gasteiger partial charge in [-0.15, -0.1) is 0 Å². The molecule has 0 saturated carbocycles. The van der Waals surface area contributed by atoms with Gasteiger partial charge in [-0.1, -0.05) is 0 Å². The van der Waals surface area contributed by atoms with E-state index in [1.165, 1.54) is 4.90 Å². The van der Waals surface area contributed by atoms with Gasteiger partial charge in [-0.2, -0.15) is 13.2 Å². The van der Waals surface area contributed by atoms with Crippen LogP contribution in [0.5, 0.6) is 0 Å². The van der Waals surface area contributed by atoms with Crippen LogP contribution in [-0.4, -0.2) is 49.3 Å². The molecule has 0 radical (unpaired) electrons. The number of amides is 1. The van der Waals surface area contributed by atoms with Crippen LogP contribution in [-0.2, 0) is 9.53 Å². The molecule has 1 heterocycles. The van der Waals surface area contributed by atoms with Gasteiger partial charge in [0.25, 0.3) is 0 Å². The van der Waals surface area contributed by atoms with Crippen molar-refractivity contribution in [3.8, 4) is 0 Å². The summed E-state index contributed by atoms with van der Waals surface area (Å²) in [6.45, 7) is -0.985. The lowest BCUT2D eigenvalue weighted by Crippen LogP contribution is -2.47. The predicted octanol–water partition coefficient (Wildman–Crippen LogP) is 0.515. The molecule has 1 rings (SSSR count). The highest BCUT2D eigenvalue weighted by atomic mass is 19.4. The number of carbonyl (C=O) groups excluding carboxylic acids is 1. The van der Waals surface area contributed by atoms with E-state index in [2.05, 4.69) is 4.74 Å². The number of hydrogen-bond acceptors (Lipinski definition) is 3. The first-order valence-corrected chi connectivity index (χ1v) is 5.06. The van der Waals surface area contributed by atoms with Crippen LogP contribution < -0.4 is 5.73 Å². The van der Waals surface area contributed by atoms with Gasteiger partial charge in [0.1, 0.15) is 13.2 Å². The van der Waals surface area contributed by atoms with Gasteiger partial charge in [-0.3, -0.25) is 4.79 Å². The Morgan fingerprint density at radius 2 is 2.19 bits per heavy atom. The molecule has 4 nitrogen and oxygen atoms in total. The number of rotatable bonds is 3. The summed E-state index contributed by atoms with van der Waals surface area (Å²) in [4.78, 5) is 12.9. The SMILES string of the molecule is NC1CCCN(C(=O)COCC(F)(F)F)C1. The summed E-state index contributed by atoms with van der Waals surface area (Å²) < 4.78 is 39.5. The van der Waals surface area contributed by atoms with Crippen LogP contribution in [0.15, 0.2) is 0 Å². The Hall–Kier alpha value is -0.820. The fraction of sp³-hybridized carbons (Fsp3) is 0.889. The highest BCUT2D eigenvalue weighted by molar-refractivity contribution is 5.77. The summed E-state index contributed by atoms with van der Waals surface area (Å²) >= 11 is 0. The van der Waals surface area contributed by atoms with E-state index in [0.29, 0.717) is 13.1 Å². The van der Waals surface area contributed by atoms with Gasteiger partial charge in [0.2, 0.25) is 5.91 Å². The van der Waals surface area contributed by atoms with Crippen molar-refractivity contribution in [3.63, 3.8) is 0 Å². The zero-order chi connectivity index (χ0) is 12.2. The molecule has 1 atom stereocenters. The first-order chi connectivity index (χ1) is 7.38. The normalized spacial score (nSPS) is 22.2.